The zero-order valence-corrected chi connectivity index (χ0v) is 23.8. The van der Waals surface area contributed by atoms with Crippen molar-refractivity contribution in [1.82, 2.24) is 4.98 Å². The van der Waals surface area contributed by atoms with Crippen molar-refractivity contribution < 1.29 is 38.4 Å². The molecule has 1 saturated heterocycles. The van der Waals surface area contributed by atoms with E-state index >= 15 is 0 Å². The van der Waals surface area contributed by atoms with Crippen LogP contribution < -0.4 is 19.1 Å². The first kappa shape index (κ1) is 28.2. The predicted octanol–water partition coefficient (Wildman–Crippen LogP) is 5.20. The number of anilines is 1. The third-order valence-corrected chi connectivity index (χ3v) is 7.95. The van der Waals surface area contributed by atoms with Crippen LogP contribution >= 0.6 is 11.3 Å². The molecule has 11 heteroatoms. The fourth-order valence-corrected chi connectivity index (χ4v) is 5.79. The minimum atomic E-state index is -1.04. The van der Waals surface area contributed by atoms with Crippen LogP contribution in [0.3, 0.4) is 0 Å². The number of aromatic nitrogens is 1. The van der Waals surface area contributed by atoms with E-state index in [0.29, 0.717) is 48.3 Å². The standard InChI is InChI=1S/C30H30N2O8S/c1-4-5-6-12-38-20-9-7-8-18(15-20)24-23(25(33)19-10-11-21-22(16-19)40-14-13-39-21)26(34)28(35)32(24)30-31-17(2)27(41-30)29(36)37-3/h7-11,15-16,24,33H,4-6,12-14H2,1-3H3/b25-23+. The van der Waals surface area contributed by atoms with E-state index in [1.54, 1.807) is 49.4 Å². The number of ketones is 1. The van der Waals surface area contributed by atoms with E-state index in [9.17, 15) is 19.5 Å². The van der Waals surface area contributed by atoms with Crippen molar-refractivity contribution in [2.24, 2.45) is 0 Å². The molecular weight excluding hydrogens is 548 g/mol. The van der Waals surface area contributed by atoms with Crippen LogP contribution in [0.1, 0.15) is 58.7 Å². The first-order chi connectivity index (χ1) is 19.8. The number of unbranched alkanes of at least 4 members (excludes halogenated alkanes) is 2. The third-order valence-electron chi connectivity index (χ3n) is 6.81. The summed E-state index contributed by atoms with van der Waals surface area (Å²) in [7, 11) is 1.26. The Hall–Kier alpha value is -4.38. The lowest BCUT2D eigenvalue weighted by atomic mass is 9.95. The van der Waals surface area contributed by atoms with Crippen LogP contribution in [0.4, 0.5) is 5.13 Å². The number of nitrogens with zero attached hydrogens (tertiary/aromatic N) is 2. The molecule has 5 rings (SSSR count). The van der Waals surface area contributed by atoms with Gasteiger partial charge in [-0.2, -0.15) is 0 Å². The maximum atomic E-state index is 13.6. The zero-order chi connectivity index (χ0) is 29.1. The van der Waals surface area contributed by atoms with Gasteiger partial charge in [-0.15, -0.1) is 0 Å². The Morgan fingerprint density at radius 2 is 1.90 bits per heavy atom. The second-order valence-corrected chi connectivity index (χ2v) is 10.5. The van der Waals surface area contributed by atoms with Crippen molar-refractivity contribution in [2.75, 3.05) is 31.8 Å². The molecule has 2 aromatic carbocycles. The summed E-state index contributed by atoms with van der Waals surface area (Å²) < 4.78 is 22.0. The predicted molar refractivity (Wildman–Crippen MR) is 152 cm³/mol. The van der Waals surface area contributed by atoms with Crippen molar-refractivity contribution >= 4 is 39.9 Å². The van der Waals surface area contributed by atoms with Crippen LogP contribution in [0, 0.1) is 6.92 Å². The average molecular weight is 579 g/mol. The number of aliphatic hydroxyl groups excluding tert-OH is 1. The number of amides is 1. The van der Waals surface area contributed by atoms with Crippen LogP contribution in [0.2, 0.25) is 0 Å². The van der Waals surface area contributed by atoms with Gasteiger partial charge in [-0.25, -0.2) is 9.78 Å². The van der Waals surface area contributed by atoms with E-state index in [-0.39, 0.29) is 26.9 Å². The number of hydrogen-bond acceptors (Lipinski definition) is 10. The van der Waals surface area contributed by atoms with Gasteiger partial charge in [0.05, 0.1) is 31.0 Å². The van der Waals surface area contributed by atoms with Crippen molar-refractivity contribution in [1.29, 1.82) is 0 Å². The number of methoxy groups -OCH3 is 1. The van der Waals surface area contributed by atoms with Crippen LogP contribution in [0.25, 0.3) is 5.76 Å². The number of aliphatic hydroxyl groups is 1. The Kier molecular flexibility index (Phi) is 8.25. The number of esters is 1. The highest BCUT2D eigenvalue weighted by Gasteiger charge is 2.48. The van der Waals surface area contributed by atoms with Gasteiger partial charge in [-0.3, -0.25) is 14.5 Å². The summed E-state index contributed by atoms with van der Waals surface area (Å²) >= 11 is 0.941. The van der Waals surface area contributed by atoms with Gasteiger partial charge in [0, 0.05) is 5.56 Å². The molecule has 1 fully saturated rings. The van der Waals surface area contributed by atoms with Crippen LogP contribution in [-0.2, 0) is 14.3 Å². The molecule has 1 atom stereocenters. The first-order valence-corrected chi connectivity index (χ1v) is 14.1. The van der Waals surface area contributed by atoms with Gasteiger partial charge < -0.3 is 24.1 Å². The minimum Gasteiger partial charge on any atom is -0.507 e. The summed E-state index contributed by atoms with van der Waals surface area (Å²) in [5.41, 5.74) is 1.05. The molecule has 3 heterocycles. The van der Waals surface area contributed by atoms with Gasteiger partial charge in [-0.1, -0.05) is 43.2 Å². The Morgan fingerprint density at radius 1 is 1.12 bits per heavy atom. The molecule has 0 bridgehead atoms. The van der Waals surface area contributed by atoms with E-state index < -0.39 is 23.7 Å². The SMILES string of the molecule is CCCCCOc1cccc(C2/C(=C(\O)c3ccc4c(c3)OCCO4)C(=O)C(=O)N2c2nc(C)c(C(=O)OC)s2)c1. The zero-order valence-electron chi connectivity index (χ0n) is 23.0. The number of aryl methyl sites for hydroxylation is 1. The number of fused-ring (bicyclic) bond motifs is 1. The summed E-state index contributed by atoms with van der Waals surface area (Å²) in [5, 5.41) is 11.7. The van der Waals surface area contributed by atoms with Gasteiger partial charge in [-0.05, 0) is 49.2 Å². The fourth-order valence-electron chi connectivity index (χ4n) is 4.78. The largest absolute Gasteiger partial charge is 0.507 e. The molecular formula is C30H30N2O8S. The molecule has 2 aliphatic heterocycles. The lowest BCUT2D eigenvalue weighted by molar-refractivity contribution is -0.132. The summed E-state index contributed by atoms with van der Waals surface area (Å²) in [6.07, 6.45) is 2.97. The van der Waals surface area contributed by atoms with Crippen LogP contribution in [0.15, 0.2) is 48.0 Å². The highest BCUT2D eigenvalue weighted by molar-refractivity contribution is 7.17. The number of rotatable bonds is 9. The Labute approximate surface area is 241 Å². The molecule has 1 unspecified atom stereocenters. The molecule has 0 spiro atoms. The molecule has 0 saturated carbocycles. The van der Waals surface area contributed by atoms with Crippen molar-refractivity contribution in [3.63, 3.8) is 0 Å². The summed E-state index contributed by atoms with van der Waals surface area (Å²) in [4.78, 5) is 45.3. The van der Waals surface area contributed by atoms with Crippen LogP contribution in [-0.4, -0.2) is 54.7 Å². The van der Waals surface area contributed by atoms with Gasteiger partial charge >= 0.3 is 11.9 Å². The Balaban J connectivity index is 1.63. The van der Waals surface area contributed by atoms with Gasteiger partial charge in [0.25, 0.3) is 5.78 Å². The average Bonchev–Trinajstić information content (AvgIpc) is 3.50. The second kappa shape index (κ2) is 12.0. The smallest absolute Gasteiger partial charge is 0.350 e. The molecule has 41 heavy (non-hydrogen) atoms. The topological polar surface area (TPSA) is 124 Å². The van der Waals surface area contributed by atoms with E-state index in [0.717, 1.165) is 30.6 Å². The summed E-state index contributed by atoms with van der Waals surface area (Å²) in [5.74, 6) is -1.23. The lowest BCUT2D eigenvalue weighted by Crippen LogP contribution is -2.29. The number of carbonyl (C=O) groups is 3. The summed E-state index contributed by atoms with van der Waals surface area (Å²) in [6.45, 7) is 5.00. The number of ether oxygens (including phenoxy) is 4. The number of thiazole rings is 1. The molecule has 0 aliphatic carbocycles. The highest BCUT2D eigenvalue weighted by Crippen LogP contribution is 2.45. The van der Waals surface area contributed by atoms with Gasteiger partial charge in [0.15, 0.2) is 16.6 Å². The molecule has 3 aromatic rings. The highest BCUT2D eigenvalue weighted by atomic mass is 32.1. The maximum absolute atomic E-state index is 13.6. The monoisotopic (exact) mass is 578 g/mol. The minimum absolute atomic E-state index is 0.123. The molecule has 1 amide bonds. The summed E-state index contributed by atoms with van der Waals surface area (Å²) in [6, 6.07) is 10.8. The molecule has 0 radical (unpaired) electrons. The third kappa shape index (κ3) is 5.49. The van der Waals surface area contributed by atoms with Crippen molar-refractivity contribution in [3.8, 4) is 17.2 Å². The molecule has 214 valence electrons. The van der Waals surface area contributed by atoms with Crippen molar-refractivity contribution in [2.45, 2.75) is 39.2 Å². The van der Waals surface area contributed by atoms with Crippen LogP contribution in [0.5, 0.6) is 17.2 Å². The Bertz CT molecular complexity index is 1530. The van der Waals surface area contributed by atoms with Gasteiger partial charge in [0.2, 0.25) is 0 Å². The number of Topliss-reactive ketones (excluding diaryl/α,β-unsaturated/α-hetero) is 1. The number of carbonyl (C=O) groups excluding carboxylic acids is 3. The van der Waals surface area contributed by atoms with E-state index in [2.05, 4.69) is 11.9 Å². The molecule has 10 nitrogen and oxygen atoms in total. The normalized spacial score (nSPS) is 17.5. The lowest BCUT2D eigenvalue weighted by Gasteiger charge is -2.24. The first-order valence-electron chi connectivity index (χ1n) is 13.3. The van der Waals surface area contributed by atoms with E-state index in [4.69, 9.17) is 18.9 Å². The quantitative estimate of drug-likeness (QED) is 0.120. The fraction of sp³-hybridized carbons (Fsp3) is 0.333. The van der Waals surface area contributed by atoms with Gasteiger partial charge in [0.1, 0.15) is 29.6 Å². The van der Waals surface area contributed by atoms with E-state index in [1.807, 2.05) is 0 Å². The molecule has 1 N–H and O–H groups in total. The Morgan fingerprint density at radius 3 is 2.66 bits per heavy atom. The van der Waals surface area contributed by atoms with E-state index in [1.165, 1.54) is 12.0 Å². The maximum Gasteiger partial charge on any atom is 0.350 e. The molecule has 2 aliphatic rings. The number of benzene rings is 2. The number of hydrogen-bond donors (Lipinski definition) is 1. The second-order valence-electron chi connectivity index (χ2n) is 9.56. The van der Waals surface area contributed by atoms with Crippen molar-refractivity contribution in [3.05, 3.63) is 69.7 Å². The molecule has 1 aromatic heterocycles.